The van der Waals surface area contributed by atoms with Crippen LogP contribution in [-0.2, 0) is 12.7 Å². The number of piperidine rings is 1. The van der Waals surface area contributed by atoms with E-state index in [-0.39, 0.29) is 35.9 Å². The zero-order chi connectivity index (χ0) is 28.2. The summed E-state index contributed by atoms with van der Waals surface area (Å²) in [4.78, 5) is 31.2. The van der Waals surface area contributed by atoms with Gasteiger partial charge in [-0.15, -0.1) is 0 Å². The van der Waals surface area contributed by atoms with Crippen LogP contribution in [-0.4, -0.2) is 93.7 Å². The Hall–Kier alpha value is -2.74. The van der Waals surface area contributed by atoms with E-state index in [0.717, 1.165) is 50.5 Å². The lowest BCUT2D eigenvalue weighted by atomic mass is 9.98. The third-order valence-corrected chi connectivity index (χ3v) is 7.58. The molecule has 0 aliphatic carbocycles. The van der Waals surface area contributed by atoms with E-state index < -0.39 is 17.8 Å². The van der Waals surface area contributed by atoms with Gasteiger partial charge in [0, 0.05) is 51.0 Å². The molecule has 4 rings (SSSR count). The minimum atomic E-state index is -4.43. The molecule has 0 bridgehead atoms. The lowest BCUT2D eigenvalue weighted by Crippen LogP contribution is -2.58. The highest BCUT2D eigenvalue weighted by Crippen LogP contribution is 2.30. The van der Waals surface area contributed by atoms with Gasteiger partial charge >= 0.3 is 6.18 Å². The van der Waals surface area contributed by atoms with Crippen LogP contribution >= 0.6 is 11.6 Å². The number of carbonyl (C=O) groups excluding carboxylic acids is 1. The molecule has 0 radical (unpaired) electrons. The first-order valence-corrected chi connectivity index (χ1v) is 13.5. The van der Waals surface area contributed by atoms with Crippen molar-refractivity contribution in [2.75, 3.05) is 56.5 Å². The van der Waals surface area contributed by atoms with Crippen LogP contribution in [0.5, 0.6) is 0 Å². The maximum atomic E-state index is 12.8. The Labute approximate surface area is 230 Å². The van der Waals surface area contributed by atoms with Gasteiger partial charge in [0.2, 0.25) is 0 Å². The highest BCUT2D eigenvalue weighted by Gasteiger charge is 2.35. The van der Waals surface area contributed by atoms with Gasteiger partial charge in [0.25, 0.3) is 5.91 Å². The minimum absolute atomic E-state index is 0.0177. The third-order valence-electron chi connectivity index (χ3n) is 7.32. The van der Waals surface area contributed by atoms with Crippen molar-refractivity contribution in [1.82, 2.24) is 30.1 Å². The maximum absolute atomic E-state index is 12.8. The van der Waals surface area contributed by atoms with Crippen LogP contribution in [0.2, 0.25) is 5.15 Å². The number of amides is 1. The van der Waals surface area contributed by atoms with Gasteiger partial charge in [0.15, 0.2) is 22.5 Å². The van der Waals surface area contributed by atoms with Gasteiger partial charge in [-0.2, -0.15) is 13.2 Å². The number of pyridine rings is 1. The lowest BCUT2D eigenvalue weighted by Gasteiger charge is -2.47. The van der Waals surface area contributed by atoms with Crippen molar-refractivity contribution in [3.63, 3.8) is 0 Å². The average Bonchev–Trinajstić information content (AvgIpc) is 2.92. The standard InChI is InChI=1S/C25H34ClF3N8O2/c1-2-17-15-36(23-21(26)33-20(22(30)34-23)24(39)31-7-12-38)10-11-37(17)18-5-8-35(9-6-18)14-16-3-4-19(32-13-16)25(27,28)29/h3-4,13,17-18,38H,2,5-12,14-15H2,1H3,(H2,30,34)(H,31,39)/t17-/m0/s1. The second-order valence-corrected chi connectivity index (χ2v) is 10.2. The summed E-state index contributed by atoms with van der Waals surface area (Å²) in [6, 6.07) is 3.21. The lowest BCUT2D eigenvalue weighted by molar-refractivity contribution is -0.141. The second-order valence-electron chi connectivity index (χ2n) is 9.85. The predicted molar refractivity (Wildman–Crippen MR) is 141 cm³/mol. The molecule has 14 heteroatoms. The van der Waals surface area contributed by atoms with Gasteiger partial charge in [-0.3, -0.25) is 19.6 Å². The number of piperazine rings is 1. The highest BCUT2D eigenvalue weighted by molar-refractivity contribution is 6.32. The molecular formula is C25H34ClF3N8O2. The van der Waals surface area contributed by atoms with E-state index in [0.29, 0.717) is 31.5 Å². The van der Waals surface area contributed by atoms with E-state index in [1.807, 2.05) is 0 Å². The van der Waals surface area contributed by atoms with Crippen LogP contribution < -0.4 is 16.0 Å². The third kappa shape index (κ3) is 7.07. The summed E-state index contributed by atoms with van der Waals surface area (Å²) in [6.45, 7) is 6.48. The monoisotopic (exact) mass is 570 g/mol. The Bertz CT molecular complexity index is 1130. The molecule has 0 saturated carbocycles. The Morgan fingerprint density at radius 2 is 1.95 bits per heavy atom. The number of aliphatic hydroxyl groups excluding tert-OH is 1. The Morgan fingerprint density at radius 3 is 2.56 bits per heavy atom. The van der Waals surface area contributed by atoms with Crippen LogP contribution in [0.3, 0.4) is 0 Å². The first-order chi connectivity index (χ1) is 18.6. The Kier molecular flexibility index (Phi) is 9.47. The van der Waals surface area contributed by atoms with Crippen LogP contribution in [0, 0.1) is 0 Å². The highest BCUT2D eigenvalue weighted by atomic mass is 35.5. The fourth-order valence-electron chi connectivity index (χ4n) is 5.30. The number of hydrogen-bond donors (Lipinski definition) is 3. The molecule has 10 nitrogen and oxygen atoms in total. The molecule has 2 aromatic rings. The van der Waals surface area contributed by atoms with E-state index >= 15 is 0 Å². The van der Waals surface area contributed by atoms with Crippen molar-refractivity contribution < 1.29 is 23.1 Å². The number of nitrogens with two attached hydrogens (primary N) is 1. The number of halogens is 4. The Balaban J connectivity index is 1.33. The molecule has 4 heterocycles. The SMILES string of the molecule is CC[C@H]1CN(c2nc(N)c(C(=O)NCCO)nc2Cl)CCN1C1CCN(Cc2ccc(C(F)(F)F)nc2)CC1. The number of anilines is 2. The van der Waals surface area contributed by atoms with E-state index in [1.165, 1.54) is 12.3 Å². The molecule has 2 fully saturated rings. The van der Waals surface area contributed by atoms with Crippen molar-refractivity contribution in [3.8, 4) is 0 Å². The number of alkyl halides is 3. The number of nitrogens with zero attached hydrogens (tertiary/aromatic N) is 6. The summed E-state index contributed by atoms with van der Waals surface area (Å²) in [7, 11) is 0. The molecule has 214 valence electrons. The minimum Gasteiger partial charge on any atom is -0.395 e. The number of aliphatic hydroxyl groups is 1. The van der Waals surface area contributed by atoms with E-state index in [1.54, 1.807) is 0 Å². The molecule has 0 spiro atoms. The van der Waals surface area contributed by atoms with E-state index in [2.05, 4.69) is 41.9 Å². The smallest absolute Gasteiger partial charge is 0.395 e. The van der Waals surface area contributed by atoms with E-state index in [9.17, 15) is 18.0 Å². The first kappa shape index (κ1) is 29.2. The van der Waals surface area contributed by atoms with Crippen LogP contribution in [0.4, 0.5) is 24.8 Å². The quantitative estimate of drug-likeness (QED) is 0.439. The zero-order valence-electron chi connectivity index (χ0n) is 21.8. The molecule has 4 N–H and O–H groups in total. The molecule has 1 amide bonds. The summed E-state index contributed by atoms with van der Waals surface area (Å²) < 4.78 is 38.3. The number of carbonyl (C=O) groups is 1. The average molecular weight is 571 g/mol. The van der Waals surface area contributed by atoms with Crippen molar-refractivity contribution in [1.29, 1.82) is 0 Å². The molecule has 2 aliphatic heterocycles. The van der Waals surface area contributed by atoms with Gasteiger partial charge in [0.05, 0.1) is 6.61 Å². The summed E-state index contributed by atoms with van der Waals surface area (Å²) in [6.07, 6.45) is -0.251. The number of aromatic nitrogens is 3. The molecule has 1 atom stereocenters. The predicted octanol–water partition coefficient (Wildman–Crippen LogP) is 2.41. The van der Waals surface area contributed by atoms with E-state index in [4.69, 9.17) is 22.4 Å². The zero-order valence-corrected chi connectivity index (χ0v) is 22.5. The summed E-state index contributed by atoms with van der Waals surface area (Å²) in [5.74, 6) is -0.110. The fraction of sp³-hybridized carbons (Fsp3) is 0.600. The maximum Gasteiger partial charge on any atom is 0.433 e. The van der Waals surface area contributed by atoms with Crippen molar-refractivity contribution in [3.05, 3.63) is 40.4 Å². The second kappa shape index (κ2) is 12.6. The number of nitrogens with one attached hydrogen (secondary N) is 1. The van der Waals surface area contributed by atoms with Crippen molar-refractivity contribution >= 4 is 29.1 Å². The molecule has 0 unspecified atom stereocenters. The van der Waals surface area contributed by atoms with Crippen molar-refractivity contribution in [2.24, 2.45) is 0 Å². The Morgan fingerprint density at radius 1 is 1.21 bits per heavy atom. The molecule has 2 saturated heterocycles. The summed E-state index contributed by atoms with van der Waals surface area (Å²) in [5, 5.41) is 11.5. The molecule has 2 aliphatic rings. The molecular weight excluding hydrogens is 537 g/mol. The topological polar surface area (TPSA) is 124 Å². The van der Waals surface area contributed by atoms with Gasteiger partial charge < -0.3 is 21.1 Å². The first-order valence-electron chi connectivity index (χ1n) is 13.1. The largest absolute Gasteiger partial charge is 0.433 e. The van der Waals surface area contributed by atoms with Gasteiger partial charge in [0.1, 0.15) is 5.69 Å². The summed E-state index contributed by atoms with van der Waals surface area (Å²) >= 11 is 6.42. The molecule has 2 aromatic heterocycles. The fourth-order valence-corrected chi connectivity index (χ4v) is 5.55. The van der Waals surface area contributed by atoms with Gasteiger partial charge in [-0.1, -0.05) is 24.6 Å². The number of likely N-dealkylation sites (tertiary alicyclic amines) is 1. The molecule has 39 heavy (non-hydrogen) atoms. The van der Waals surface area contributed by atoms with Crippen LogP contribution in [0.1, 0.15) is 47.9 Å². The van der Waals surface area contributed by atoms with Crippen LogP contribution in [0.15, 0.2) is 18.3 Å². The van der Waals surface area contributed by atoms with Gasteiger partial charge in [-0.25, -0.2) is 9.97 Å². The normalized spacial score (nSPS) is 19.8. The number of rotatable bonds is 8. The van der Waals surface area contributed by atoms with Gasteiger partial charge in [-0.05, 0) is 44.0 Å². The molecule has 0 aromatic carbocycles. The van der Waals surface area contributed by atoms with Crippen molar-refractivity contribution in [2.45, 2.75) is 51.0 Å². The summed E-state index contributed by atoms with van der Waals surface area (Å²) in [5.41, 5.74) is 5.86. The van der Waals surface area contributed by atoms with Crippen LogP contribution in [0.25, 0.3) is 0 Å². The number of hydrogen-bond acceptors (Lipinski definition) is 9. The number of nitrogen functional groups attached to an aromatic ring is 1.